The van der Waals surface area contributed by atoms with Gasteiger partial charge >= 0.3 is 5.97 Å². The molecule has 0 spiro atoms. The summed E-state index contributed by atoms with van der Waals surface area (Å²) in [6.07, 6.45) is 6.44. The number of ether oxygens (including phenoxy) is 1. The molecule has 1 aromatic rings. The Balaban J connectivity index is 2.25. The van der Waals surface area contributed by atoms with Crippen LogP contribution in [0.15, 0.2) is 12.4 Å². The first-order valence-electron chi connectivity index (χ1n) is 5.38. The Morgan fingerprint density at radius 1 is 1.67 bits per heavy atom. The van der Waals surface area contributed by atoms with Crippen molar-refractivity contribution in [3.8, 4) is 0 Å². The summed E-state index contributed by atoms with van der Waals surface area (Å²) in [6, 6.07) is 0. The van der Waals surface area contributed by atoms with E-state index in [1.54, 1.807) is 10.9 Å². The van der Waals surface area contributed by atoms with E-state index in [4.69, 9.17) is 4.74 Å². The summed E-state index contributed by atoms with van der Waals surface area (Å²) in [6.45, 7) is 4.24. The first-order valence-corrected chi connectivity index (χ1v) is 5.38. The highest BCUT2D eigenvalue weighted by atomic mass is 16.5. The summed E-state index contributed by atoms with van der Waals surface area (Å²) in [5, 5.41) is 4.23. The second kappa shape index (κ2) is 3.68. The molecule has 1 heterocycles. The topological polar surface area (TPSA) is 44.1 Å². The molecule has 0 aliphatic heterocycles. The molecule has 0 N–H and O–H groups in total. The molecule has 4 heteroatoms. The maximum absolute atomic E-state index is 11.9. The third-order valence-corrected chi connectivity index (χ3v) is 2.99. The Morgan fingerprint density at radius 2 is 2.40 bits per heavy atom. The van der Waals surface area contributed by atoms with E-state index in [-0.39, 0.29) is 5.97 Å². The average Bonchev–Trinajstić information content (AvgIpc) is 2.51. The van der Waals surface area contributed by atoms with E-state index in [0.717, 1.165) is 24.8 Å². The van der Waals surface area contributed by atoms with Crippen molar-refractivity contribution >= 4 is 5.97 Å². The fourth-order valence-corrected chi connectivity index (χ4v) is 1.95. The Hall–Kier alpha value is -1.32. The Morgan fingerprint density at radius 3 is 2.80 bits per heavy atom. The summed E-state index contributed by atoms with van der Waals surface area (Å²) in [5.41, 5.74) is 0.565. The molecule has 0 atom stereocenters. The first-order chi connectivity index (χ1) is 7.19. The standard InChI is InChI=1S/C11H16N2O2/c1-3-15-10(14)11(5-4-6-11)13-8-9(2)7-12-13/h7-8H,3-6H2,1-2H3. The van der Waals surface area contributed by atoms with E-state index in [0.29, 0.717) is 6.61 Å². The van der Waals surface area contributed by atoms with E-state index in [9.17, 15) is 4.79 Å². The summed E-state index contributed by atoms with van der Waals surface area (Å²) in [5.74, 6) is -0.139. The quantitative estimate of drug-likeness (QED) is 0.709. The van der Waals surface area contributed by atoms with Gasteiger partial charge in [0.1, 0.15) is 0 Å². The Labute approximate surface area is 89.2 Å². The second-order valence-corrected chi connectivity index (χ2v) is 4.07. The number of carbonyl (C=O) groups excluding carboxylic acids is 1. The largest absolute Gasteiger partial charge is 0.464 e. The van der Waals surface area contributed by atoms with Crippen LogP contribution in [0, 0.1) is 6.92 Å². The molecule has 0 amide bonds. The van der Waals surface area contributed by atoms with E-state index in [2.05, 4.69) is 5.10 Å². The van der Waals surface area contributed by atoms with Crippen LogP contribution in [0.4, 0.5) is 0 Å². The van der Waals surface area contributed by atoms with Crippen molar-refractivity contribution in [3.05, 3.63) is 18.0 Å². The molecule has 15 heavy (non-hydrogen) atoms. The van der Waals surface area contributed by atoms with Gasteiger partial charge in [0.05, 0.1) is 12.8 Å². The smallest absolute Gasteiger partial charge is 0.334 e. The van der Waals surface area contributed by atoms with E-state index < -0.39 is 5.54 Å². The lowest BCUT2D eigenvalue weighted by Gasteiger charge is -2.39. The van der Waals surface area contributed by atoms with Crippen LogP contribution < -0.4 is 0 Å². The molecule has 0 saturated heterocycles. The van der Waals surface area contributed by atoms with Gasteiger partial charge in [-0.05, 0) is 38.7 Å². The first kappa shape index (κ1) is 10.2. The monoisotopic (exact) mass is 208 g/mol. The van der Waals surface area contributed by atoms with Gasteiger partial charge in [-0.15, -0.1) is 0 Å². The molecule has 1 aromatic heterocycles. The van der Waals surface area contributed by atoms with Gasteiger partial charge in [0.2, 0.25) is 0 Å². The summed E-state index contributed by atoms with van der Waals surface area (Å²) in [4.78, 5) is 11.9. The third-order valence-electron chi connectivity index (χ3n) is 2.99. The second-order valence-electron chi connectivity index (χ2n) is 4.07. The summed E-state index contributed by atoms with van der Waals surface area (Å²) < 4.78 is 6.88. The van der Waals surface area contributed by atoms with E-state index >= 15 is 0 Å². The molecule has 0 aromatic carbocycles. The highest BCUT2D eigenvalue weighted by Crippen LogP contribution is 2.39. The number of aryl methyl sites for hydroxylation is 1. The molecular formula is C11H16N2O2. The lowest BCUT2D eigenvalue weighted by molar-refractivity contribution is -0.159. The van der Waals surface area contributed by atoms with E-state index in [1.807, 2.05) is 20.0 Å². The molecular weight excluding hydrogens is 192 g/mol. The van der Waals surface area contributed by atoms with Crippen molar-refractivity contribution in [1.29, 1.82) is 0 Å². The third kappa shape index (κ3) is 1.54. The van der Waals surface area contributed by atoms with E-state index in [1.165, 1.54) is 0 Å². The lowest BCUT2D eigenvalue weighted by Crippen LogP contribution is -2.49. The minimum absolute atomic E-state index is 0.139. The average molecular weight is 208 g/mol. The molecule has 82 valence electrons. The number of hydrogen-bond donors (Lipinski definition) is 0. The number of carbonyl (C=O) groups is 1. The van der Waals surface area contributed by atoms with Gasteiger partial charge in [-0.2, -0.15) is 5.10 Å². The highest BCUT2D eigenvalue weighted by Gasteiger charge is 2.48. The predicted octanol–water partition coefficient (Wildman–Crippen LogP) is 1.63. The zero-order valence-corrected chi connectivity index (χ0v) is 9.19. The highest BCUT2D eigenvalue weighted by molar-refractivity contribution is 5.79. The maximum Gasteiger partial charge on any atom is 0.334 e. The minimum atomic E-state index is -0.510. The van der Waals surface area contributed by atoms with Crippen molar-refractivity contribution in [2.24, 2.45) is 0 Å². The van der Waals surface area contributed by atoms with Gasteiger partial charge in [0.25, 0.3) is 0 Å². The van der Waals surface area contributed by atoms with Crippen molar-refractivity contribution in [2.75, 3.05) is 6.61 Å². The zero-order valence-electron chi connectivity index (χ0n) is 9.19. The molecule has 4 nitrogen and oxygen atoms in total. The number of esters is 1. The molecule has 1 saturated carbocycles. The van der Waals surface area contributed by atoms with Crippen molar-refractivity contribution in [2.45, 2.75) is 38.6 Å². The van der Waals surface area contributed by atoms with Crippen molar-refractivity contribution < 1.29 is 9.53 Å². The van der Waals surface area contributed by atoms with Crippen LogP contribution >= 0.6 is 0 Å². The van der Waals surface area contributed by atoms with Crippen molar-refractivity contribution in [1.82, 2.24) is 9.78 Å². The molecule has 0 bridgehead atoms. The fourth-order valence-electron chi connectivity index (χ4n) is 1.95. The number of hydrogen-bond acceptors (Lipinski definition) is 3. The van der Waals surface area contributed by atoms with Gasteiger partial charge in [-0.25, -0.2) is 4.79 Å². The van der Waals surface area contributed by atoms with Crippen LogP contribution in [0.3, 0.4) is 0 Å². The van der Waals surface area contributed by atoms with Crippen LogP contribution in [-0.4, -0.2) is 22.4 Å². The molecule has 1 aliphatic rings. The van der Waals surface area contributed by atoms with Gasteiger partial charge in [-0.3, -0.25) is 4.68 Å². The van der Waals surface area contributed by atoms with Crippen LogP contribution in [0.5, 0.6) is 0 Å². The fraction of sp³-hybridized carbons (Fsp3) is 0.636. The maximum atomic E-state index is 11.9. The lowest BCUT2D eigenvalue weighted by atomic mass is 9.77. The molecule has 1 fully saturated rings. The Bertz CT molecular complexity index is 366. The van der Waals surface area contributed by atoms with Crippen LogP contribution in [0.25, 0.3) is 0 Å². The molecule has 0 radical (unpaired) electrons. The van der Waals surface area contributed by atoms with Crippen LogP contribution in [0.2, 0.25) is 0 Å². The Kier molecular flexibility index (Phi) is 2.50. The van der Waals surface area contributed by atoms with Crippen LogP contribution in [-0.2, 0) is 15.1 Å². The van der Waals surface area contributed by atoms with Gasteiger partial charge < -0.3 is 4.74 Å². The summed E-state index contributed by atoms with van der Waals surface area (Å²) >= 11 is 0. The number of aromatic nitrogens is 2. The molecule has 2 rings (SSSR count). The van der Waals surface area contributed by atoms with Gasteiger partial charge in [0.15, 0.2) is 5.54 Å². The van der Waals surface area contributed by atoms with Crippen LogP contribution in [0.1, 0.15) is 31.7 Å². The molecule has 0 unspecified atom stereocenters. The summed E-state index contributed by atoms with van der Waals surface area (Å²) in [7, 11) is 0. The van der Waals surface area contributed by atoms with Gasteiger partial charge in [-0.1, -0.05) is 0 Å². The number of rotatable bonds is 3. The van der Waals surface area contributed by atoms with Crippen molar-refractivity contribution in [3.63, 3.8) is 0 Å². The normalized spacial score (nSPS) is 18.3. The van der Waals surface area contributed by atoms with Gasteiger partial charge in [0, 0.05) is 6.20 Å². The zero-order chi connectivity index (χ0) is 10.9. The predicted molar refractivity (Wildman–Crippen MR) is 55.4 cm³/mol. The molecule has 1 aliphatic carbocycles. The SMILES string of the molecule is CCOC(=O)C1(n2cc(C)cn2)CCC1. The number of nitrogens with zero attached hydrogens (tertiary/aromatic N) is 2. The minimum Gasteiger partial charge on any atom is -0.464 e.